The van der Waals surface area contributed by atoms with Crippen LogP contribution in [0.1, 0.15) is 79.4 Å². The first kappa shape index (κ1) is 43.3. The van der Waals surface area contributed by atoms with E-state index >= 15 is 0 Å². The van der Waals surface area contributed by atoms with Crippen LogP contribution in [0.5, 0.6) is 0 Å². The van der Waals surface area contributed by atoms with E-state index in [0.29, 0.717) is 73.8 Å². The van der Waals surface area contributed by atoms with Gasteiger partial charge in [-0.1, -0.05) is 67.5 Å². The Kier molecular flexibility index (Phi) is 15.5. The molecule has 5 N–H and O–H groups in total. The predicted molar refractivity (Wildman–Crippen MR) is 208 cm³/mol. The maximum absolute atomic E-state index is 12.2. The lowest BCUT2D eigenvalue weighted by atomic mass is 9.52. The van der Waals surface area contributed by atoms with Crippen molar-refractivity contribution >= 4 is 23.1 Å². The van der Waals surface area contributed by atoms with Gasteiger partial charge in [0.05, 0.1) is 46.2 Å². The van der Waals surface area contributed by atoms with Gasteiger partial charge in [0.15, 0.2) is 11.7 Å². The number of hydrogen-bond acceptors (Lipinski definition) is 12. The summed E-state index contributed by atoms with van der Waals surface area (Å²) in [4.78, 5) is 24.0. The number of rotatable bonds is 20. The molecule has 0 aromatic carbocycles. The second kappa shape index (κ2) is 20.0. The van der Waals surface area contributed by atoms with Crippen molar-refractivity contribution in [2.45, 2.75) is 104 Å². The van der Waals surface area contributed by atoms with Crippen LogP contribution in [0.25, 0.3) is 21.6 Å². The molecule has 56 heavy (non-hydrogen) atoms. The van der Waals surface area contributed by atoms with E-state index in [0.717, 1.165) is 19.3 Å². The number of anilines is 1. The van der Waals surface area contributed by atoms with Gasteiger partial charge in [0.25, 0.3) is 5.82 Å². The van der Waals surface area contributed by atoms with E-state index in [1.165, 1.54) is 35.7 Å². The molecule has 5 rings (SSSR count). The zero-order valence-corrected chi connectivity index (χ0v) is 33.6. The number of nitrogens with two attached hydrogens (primary N) is 1. The Bertz CT molecular complexity index is 1730. The number of aliphatic hydroxyl groups excluding tert-OH is 2. The Morgan fingerprint density at radius 3 is 2.64 bits per heavy atom. The maximum atomic E-state index is 12.2. The second-order valence-electron chi connectivity index (χ2n) is 16.2. The summed E-state index contributed by atoms with van der Waals surface area (Å²) in [5.74, 6) is 1.72. The summed E-state index contributed by atoms with van der Waals surface area (Å²) >= 11 is 0. The van der Waals surface area contributed by atoms with E-state index in [2.05, 4.69) is 72.1 Å². The molecule has 1 amide bonds. The topological polar surface area (TPSA) is 225 Å². The fourth-order valence-corrected chi connectivity index (χ4v) is 8.32. The Morgan fingerprint density at radius 1 is 1.16 bits per heavy atom. The van der Waals surface area contributed by atoms with Crippen molar-refractivity contribution in [3.63, 3.8) is 0 Å². The second-order valence-corrected chi connectivity index (χ2v) is 16.2. The van der Waals surface area contributed by atoms with Crippen LogP contribution in [-0.2, 0) is 30.2 Å². The molecule has 3 heterocycles. The molecular weight excluding hydrogens is 722 g/mol. The van der Waals surface area contributed by atoms with Gasteiger partial charge in [-0.05, 0) is 67.2 Å². The highest BCUT2D eigenvalue weighted by molar-refractivity contribution is 5.79. The summed E-state index contributed by atoms with van der Waals surface area (Å²) in [6.45, 7) is 14.7. The predicted octanol–water partition coefficient (Wildman–Crippen LogP) is 4.53. The summed E-state index contributed by atoms with van der Waals surface area (Å²) in [6.07, 6.45) is 9.70. The minimum absolute atomic E-state index is 0.195. The number of ether oxygens (including phenoxy) is 5. The van der Waals surface area contributed by atoms with Crippen molar-refractivity contribution in [2.24, 2.45) is 27.8 Å². The molecule has 2 aromatic heterocycles. The number of nitrogens with zero attached hydrogens (tertiary/aromatic N) is 7. The standard InChI is InChI=1S/C39H61N9O8/c1-26(10-13-39(5)27(2)8-9-28-29(39)7-6-12-38(28,3)4)11-16-47-24-44-35-31(34(47)40)43-25-48(35)36-33(50)32(49)30(56-36)23-55-37(51)42-14-17-52-19-21-54-22-20-53-18-15-45-46-41/h9,11,24-25,27,29-30,32-33,36,40,49-50H,6-8,10,12-23H2,1-5H3,(H,42,51)/p+1/b26-11+/t27-,29+,30+,32+,33+,36+,39+/m0/s1. The van der Waals surface area contributed by atoms with Crippen LogP contribution in [0.2, 0.25) is 0 Å². The van der Waals surface area contributed by atoms with Gasteiger partial charge in [0, 0.05) is 18.0 Å². The largest absolute Gasteiger partial charge is 0.447 e. The number of azide groups is 1. The third-order valence-corrected chi connectivity index (χ3v) is 12.0. The highest BCUT2D eigenvalue weighted by atomic mass is 16.6. The molecular formula is C39H62N9O8+. The fraction of sp³-hybridized carbons (Fsp3) is 0.744. The van der Waals surface area contributed by atoms with Crippen LogP contribution < -0.4 is 15.6 Å². The lowest BCUT2D eigenvalue weighted by Gasteiger charge is -2.53. The SMILES string of the molecule is C/C(=C\C[n+]1cnc2c(ncn2[C@@H]2O[C@H](COC(=O)NCCOCCOCCOCCN=[N+]=[N-])[C@@H](O)[C@H]2O)c1N)CC[C@@]1(C)[C@@H]2CCCC(C)(C)C2=CC[C@@H]1C. The summed E-state index contributed by atoms with van der Waals surface area (Å²) in [6, 6.07) is 0. The van der Waals surface area contributed by atoms with Gasteiger partial charge in [0.1, 0.15) is 31.2 Å². The van der Waals surface area contributed by atoms with Gasteiger partial charge >= 0.3 is 6.09 Å². The van der Waals surface area contributed by atoms with E-state index in [1.807, 2.05) is 4.57 Å². The minimum Gasteiger partial charge on any atom is -0.447 e. The first-order chi connectivity index (χ1) is 26.9. The maximum Gasteiger partial charge on any atom is 0.407 e. The van der Waals surface area contributed by atoms with Crippen LogP contribution in [0.4, 0.5) is 10.6 Å². The molecule has 2 aliphatic carbocycles. The third-order valence-electron chi connectivity index (χ3n) is 12.0. The quantitative estimate of drug-likeness (QED) is 0.0364. The number of fused-ring (bicyclic) bond motifs is 2. The van der Waals surface area contributed by atoms with Crippen molar-refractivity contribution in [3.8, 4) is 0 Å². The van der Waals surface area contributed by atoms with E-state index in [-0.39, 0.29) is 31.7 Å². The molecule has 1 saturated carbocycles. The molecule has 1 saturated heterocycles. The van der Waals surface area contributed by atoms with Gasteiger partial charge in [-0.25, -0.2) is 14.3 Å². The average molecular weight is 785 g/mol. The summed E-state index contributed by atoms with van der Waals surface area (Å²) in [5.41, 5.74) is 19.2. The Balaban J connectivity index is 1.05. The van der Waals surface area contributed by atoms with Crippen molar-refractivity contribution in [1.29, 1.82) is 0 Å². The Morgan fingerprint density at radius 2 is 1.89 bits per heavy atom. The van der Waals surface area contributed by atoms with Crippen LogP contribution in [-0.4, -0.2) is 108 Å². The number of imidazole rings is 1. The van der Waals surface area contributed by atoms with E-state index in [9.17, 15) is 15.0 Å². The zero-order chi connectivity index (χ0) is 40.3. The first-order valence-electron chi connectivity index (χ1n) is 19.9. The number of nitrogen functional groups attached to an aromatic ring is 1. The normalized spacial score (nSPS) is 27.4. The molecule has 1 aliphatic heterocycles. The smallest absolute Gasteiger partial charge is 0.407 e. The van der Waals surface area contributed by atoms with Crippen molar-refractivity contribution in [1.82, 2.24) is 19.9 Å². The number of nitrogens with one attached hydrogen (secondary N) is 1. The van der Waals surface area contributed by atoms with E-state index in [1.54, 1.807) is 11.9 Å². The molecule has 2 fully saturated rings. The van der Waals surface area contributed by atoms with Gasteiger partial charge in [0.2, 0.25) is 12.0 Å². The number of amides is 1. The Labute approximate surface area is 329 Å². The number of hydrogen-bond donors (Lipinski definition) is 4. The first-order valence-corrected chi connectivity index (χ1v) is 19.9. The average Bonchev–Trinajstić information content (AvgIpc) is 3.73. The number of carbonyl (C=O) groups excluding carboxylic acids is 1. The third kappa shape index (κ3) is 10.6. The van der Waals surface area contributed by atoms with Crippen molar-refractivity contribution in [3.05, 3.63) is 46.4 Å². The molecule has 0 unspecified atom stereocenters. The number of allylic oxidation sites excluding steroid dienone is 4. The van der Waals surface area contributed by atoms with E-state index < -0.39 is 30.6 Å². The van der Waals surface area contributed by atoms with E-state index in [4.69, 9.17) is 34.9 Å². The fourth-order valence-electron chi connectivity index (χ4n) is 8.32. The highest BCUT2D eigenvalue weighted by Crippen LogP contribution is 2.58. The number of carbonyl (C=O) groups is 1. The highest BCUT2D eigenvalue weighted by Gasteiger charge is 2.48. The molecule has 3 aliphatic rings. The van der Waals surface area contributed by atoms with Crippen LogP contribution in [0.15, 0.2) is 41.1 Å². The molecule has 7 atom stereocenters. The molecule has 17 heteroatoms. The molecule has 0 spiro atoms. The Hall–Kier alpha value is -3.83. The van der Waals surface area contributed by atoms with Crippen LogP contribution in [0, 0.1) is 22.7 Å². The summed E-state index contributed by atoms with van der Waals surface area (Å²) in [7, 11) is 0. The van der Waals surface area contributed by atoms with Crippen molar-refractivity contribution in [2.75, 3.05) is 65.1 Å². The van der Waals surface area contributed by atoms with Crippen LogP contribution >= 0.6 is 0 Å². The molecule has 0 bridgehead atoms. The van der Waals surface area contributed by atoms with Gasteiger partial charge in [-0.15, -0.1) is 0 Å². The summed E-state index contributed by atoms with van der Waals surface area (Å²) in [5, 5.41) is 27.6. The van der Waals surface area contributed by atoms with Crippen LogP contribution in [0.3, 0.4) is 0 Å². The summed E-state index contributed by atoms with van der Waals surface area (Å²) < 4.78 is 30.6. The van der Waals surface area contributed by atoms with Gasteiger partial charge < -0.3 is 44.9 Å². The number of aliphatic hydroxyl groups is 2. The number of aromatic nitrogens is 4. The lowest BCUT2D eigenvalue weighted by Crippen LogP contribution is -2.43. The monoisotopic (exact) mass is 784 g/mol. The zero-order valence-electron chi connectivity index (χ0n) is 33.6. The van der Waals surface area contributed by atoms with Gasteiger partial charge in [-0.2, -0.15) is 0 Å². The number of alkyl carbamates (subject to hydrolysis) is 1. The minimum atomic E-state index is -1.33. The molecule has 2 aromatic rings. The molecule has 17 nitrogen and oxygen atoms in total. The molecule has 310 valence electrons. The molecule has 0 radical (unpaired) electrons. The van der Waals surface area contributed by atoms with Gasteiger partial charge in [-0.3, -0.25) is 4.57 Å². The lowest BCUT2D eigenvalue weighted by molar-refractivity contribution is -0.674. The van der Waals surface area contributed by atoms with Crippen molar-refractivity contribution < 1.29 is 43.3 Å².